The van der Waals surface area contributed by atoms with Crippen LogP contribution in [0.1, 0.15) is 13.3 Å². The standard InChI is InChI=1S/C5H8/c1-4-3-5(4)2/h5H,1,3H2,2H3/t5-/m1/s1. The Balaban J connectivity index is 2.47. The molecule has 0 radical (unpaired) electrons. The van der Waals surface area contributed by atoms with Crippen LogP contribution in [0.2, 0.25) is 0 Å². The molecule has 0 bridgehead atoms. The summed E-state index contributed by atoms with van der Waals surface area (Å²) in [4.78, 5) is 0. The van der Waals surface area contributed by atoms with Crippen molar-refractivity contribution in [2.45, 2.75) is 13.3 Å². The molecule has 0 N–H and O–H groups in total. The Kier molecular flexibility index (Phi) is 0.365. The third-order valence-corrected chi connectivity index (χ3v) is 1.11. The van der Waals surface area contributed by atoms with Gasteiger partial charge in [-0.1, -0.05) is 19.1 Å². The van der Waals surface area contributed by atoms with Gasteiger partial charge in [0.25, 0.3) is 0 Å². The molecule has 5 heavy (non-hydrogen) atoms. The molecule has 0 aromatic rings. The second kappa shape index (κ2) is 0.618. The van der Waals surface area contributed by atoms with Crippen LogP contribution in [0.5, 0.6) is 0 Å². The van der Waals surface area contributed by atoms with E-state index in [1.54, 1.807) is 0 Å². The van der Waals surface area contributed by atoms with Crippen LogP contribution in [0.3, 0.4) is 0 Å². The van der Waals surface area contributed by atoms with Gasteiger partial charge in [0.05, 0.1) is 0 Å². The molecule has 0 aliphatic heterocycles. The van der Waals surface area contributed by atoms with Crippen LogP contribution in [0, 0.1) is 5.92 Å². The molecule has 0 spiro atoms. The van der Waals surface area contributed by atoms with Crippen LogP contribution in [0.25, 0.3) is 0 Å². The lowest BCUT2D eigenvalue weighted by Crippen LogP contribution is -1.46. The van der Waals surface area contributed by atoms with E-state index in [2.05, 4.69) is 13.5 Å². The van der Waals surface area contributed by atoms with Gasteiger partial charge in [-0.15, -0.1) is 0 Å². The Morgan fingerprint density at radius 1 is 2.00 bits per heavy atom. The summed E-state index contributed by atoms with van der Waals surface area (Å²) in [5.74, 6) is 0.856. The van der Waals surface area contributed by atoms with Crippen molar-refractivity contribution in [3.63, 3.8) is 0 Å². The molecule has 1 aliphatic carbocycles. The van der Waals surface area contributed by atoms with E-state index in [1.807, 2.05) is 0 Å². The molecule has 1 aliphatic rings. The molecular weight excluding hydrogens is 60.1 g/mol. The van der Waals surface area contributed by atoms with Crippen molar-refractivity contribution >= 4 is 0 Å². The first kappa shape index (κ1) is 2.95. The van der Waals surface area contributed by atoms with Gasteiger partial charge in [0.2, 0.25) is 0 Å². The highest BCUT2D eigenvalue weighted by Gasteiger charge is 2.19. The van der Waals surface area contributed by atoms with Gasteiger partial charge in [0.1, 0.15) is 0 Å². The van der Waals surface area contributed by atoms with Crippen molar-refractivity contribution in [2.75, 3.05) is 0 Å². The van der Waals surface area contributed by atoms with Crippen LogP contribution in [0.15, 0.2) is 12.2 Å². The average molecular weight is 68.1 g/mol. The highest BCUT2D eigenvalue weighted by molar-refractivity contribution is 5.16. The minimum atomic E-state index is 0.856. The molecule has 1 saturated carbocycles. The van der Waals surface area contributed by atoms with Gasteiger partial charge in [-0.3, -0.25) is 0 Å². The van der Waals surface area contributed by atoms with E-state index in [-0.39, 0.29) is 0 Å². The van der Waals surface area contributed by atoms with Gasteiger partial charge in [0.15, 0.2) is 0 Å². The lowest BCUT2D eigenvalue weighted by Gasteiger charge is -1.57. The second-order valence-corrected chi connectivity index (χ2v) is 1.76. The smallest absolute Gasteiger partial charge is 0.0197 e. The van der Waals surface area contributed by atoms with Gasteiger partial charge >= 0.3 is 0 Å². The van der Waals surface area contributed by atoms with Gasteiger partial charge in [0, 0.05) is 0 Å². The molecule has 1 fully saturated rings. The van der Waals surface area contributed by atoms with E-state index in [4.69, 9.17) is 0 Å². The Hall–Kier alpha value is -0.260. The molecule has 0 heteroatoms. The van der Waals surface area contributed by atoms with E-state index in [0.717, 1.165) is 5.92 Å². The molecule has 28 valence electrons. The van der Waals surface area contributed by atoms with Crippen molar-refractivity contribution in [3.8, 4) is 0 Å². The van der Waals surface area contributed by atoms with Crippen molar-refractivity contribution < 1.29 is 0 Å². The van der Waals surface area contributed by atoms with Crippen LogP contribution in [-0.4, -0.2) is 0 Å². The van der Waals surface area contributed by atoms with Crippen molar-refractivity contribution in [3.05, 3.63) is 12.2 Å². The molecule has 0 nitrogen and oxygen atoms in total. The summed E-state index contributed by atoms with van der Waals surface area (Å²) in [5, 5.41) is 0. The Morgan fingerprint density at radius 2 is 2.20 bits per heavy atom. The maximum Gasteiger partial charge on any atom is -0.0197 e. The summed E-state index contributed by atoms with van der Waals surface area (Å²) >= 11 is 0. The maximum absolute atomic E-state index is 3.75. The molecule has 0 aromatic carbocycles. The third kappa shape index (κ3) is 0.344. The lowest BCUT2D eigenvalue weighted by atomic mass is 10.5. The Bertz CT molecular complexity index is 62.4. The molecule has 0 saturated heterocycles. The minimum absolute atomic E-state index is 0.856. The minimum Gasteiger partial charge on any atom is -0.0996 e. The summed E-state index contributed by atoms with van der Waals surface area (Å²) in [6.07, 6.45) is 1.28. The predicted octanol–water partition coefficient (Wildman–Crippen LogP) is 1.58. The van der Waals surface area contributed by atoms with Crippen LogP contribution in [0.4, 0.5) is 0 Å². The molecule has 1 rings (SSSR count). The molecule has 0 unspecified atom stereocenters. The Labute approximate surface area is 32.5 Å². The Morgan fingerprint density at radius 3 is 2.20 bits per heavy atom. The largest absolute Gasteiger partial charge is 0.0996 e. The molecular formula is C5H8. The summed E-state index contributed by atoms with van der Waals surface area (Å²) in [5.41, 5.74) is 1.42. The van der Waals surface area contributed by atoms with E-state index in [9.17, 15) is 0 Å². The molecule has 0 heterocycles. The summed E-state index contributed by atoms with van der Waals surface area (Å²) in [7, 11) is 0. The normalized spacial score (nSPS) is 34.6. The SMILES string of the molecule is C=C1C[C@H]1C. The zero-order valence-corrected chi connectivity index (χ0v) is 3.49. The average Bonchev–Trinajstić information content (AvgIpc) is 1.79. The van der Waals surface area contributed by atoms with Crippen LogP contribution >= 0.6 is 0 Å². The topological polar surface area (TPSA) is 0 Å². The van der Waals surface area contributed by atoms with E-state index in [1.165, 1.54) is 12.0 Å². The highest BCUT2D eigenvalue weighted by atomic mass is 14.2. The second-order valence-electron chi connectivity index (χ2n) is 1.76. The monoisotopic (exact) mass is 68.1 g/mol. The quantitative estimate of drug-likeness (QED) is 0.378. The first-order chi connectivity index (χ1) is 2.30. The molecule has 0 aromatic heterocycles. The zero-order valence-electron chi connectivity index (χ0n) is 3.49. The van der Waals surface area contributed by atoms with E-state index in [0.29, 0.717) is 0 Å². The van der Waals surface area contributed by atoms with Crippen molar-refractivity contribution in [1.82, 2.24) is 0 Å². The first-order valence-electron chi connectivity index (χ1n) is 1.98. The van der Waals surface area contributed by atoms with Crippen LogP contribution in [-0.2, 0) is 0 Å². The van der Waals surface area contributed by atoms with Crippen LogP contribution < -0.4 is 0 Å². The molecule has 1 atom stereocenters. The summed E-state index contributed by atoms with van der Waals surface area (Å²) < 4.78 is 0. The number of rotatable bonds is 0. The third-order valence-electron chi connectivity index (χ3n) is 1.11. The molecule has 0 amide bonds. The van der Waals surface area contributed by atoms with Crippen molar-refractivity contribution in [2.24, 2.45) is 5.92 Å². The van der Waals surface area contributed by atoms with E-state index >= 15 is 0 Å². The lowest BCUT2D eigenvalue weighted by molar-refractivity contribution is 1.02. The van der Waals surface area contributed by atoms with Gasteiger partial charge in [-0.25, -0.2) is 0 Å². The highest BCUT2D eigenvalue weighted by Crippen LogP contribution is 2.34. The number of hydrogen-bond acceptors (Lipinski definition) is 0. The summed E-state index contributed by atoms with van der Waals surface area (Å²) in [6.45, 7) is 5.94. The summed E-state index contributed by atoms with van der Waals surface area (Å²) in [6, 6.07) is 0. The van der Waals surface area contributed by atoms with Crippen molar-refractivity contribution in [1.29, 1.82) is 0 Å². The number of allylic oxidation sites excluding steroid dienone is 1. The van der Waals surface area contributed by atoms with Gasteiger partial charge in [-0.05, 0) is 12.3 Å². The fourth-order valence-corrected chi connectivity index (χ4v) is 0.334. The van der Waals surface area contributed by atoms with Gasteiger partial charge < -0.3 is 0 Å². The first-order valence-corrected chi connectivity index (χ1v) is 1.98. The number of hydrogen-bond donors (Lipinski definition) is 0. The van der Waals surface area contributed by atoms with E-state index < -0.39 is 0 Å². The zero-order chi connectivity index (χ0) is 3.86. The fraction of sp³-hybridized carbons (Fsp3) is 0.600. The fourth-order valence-electron chi connectivity index (χ4n) is 0.334. The predicted molar refractivity (Wildman–Crippen MR) is 22.9 cm³/mol. The maximum atomic E-state index is 3.75. The van der Waals surface area contributed by atoms with Gasteiger partial charge in [-0.2, -0.15) is 0 Å².